The number of quaternary nitrogens is 1. The van der Waals surface area contributed by atoms with Gasteiger partial charge in [-0.05, 0) is 18.2 Å². The molecule has 7 nitrogen and oxygen atoms in total. The number of benzene rings is 2. The number of imide groups is 1. The second-order valence-corrected chi connectivity index (χ2v) is 6.35. The number of nitrogens with zero attached hydrogens (tertiary/aromatic N) is 2. The van der Waals surface area contributed by atoms with Crippen molar-refractivity contribution in [2.75, 3.05) is 13.7 Å². The maximum atomic E-state index is 12.5. The molecule has 1 heterocycles. The molecule has 2 aromatic carbocycles. The van der Waals surface area contributed by atoms with Crippen molar-refractivity contribution >= 4 is 29.1 Å². The summed E-state index contributed by atoms with van der Waals surface area (Å²) in [6, 6.07) is 11.4. The lowest BCUT2D eigenvalue weighted by Crippen LogP contribution is -3.09. The summed E-state index contributed by atoms with van der Waals surface area (Å²) < 4.78 is 0. The summed E-state index contributed by atoms with van der Waals surface area (Å²) in [4.78, 5) is 37.4. The van der Waals surface area contributed by atoms with Gasteiger partial charge >= 0.3 is 0 Å². The van der Waals surface area contributed by atoms with Gasteiger partial charge in [-0.15, -0.1) is 0 Å². The van der Waals surface area contributed by atoms with Gasteiger partial charge in [0.05, 0.1) is 17.5 Å². The Labute approximate surface area is 148 Å². The summed E-state index contributed by atoms with van der Waals surface area (Å²) >= 11 is 5.96. The molecule has 0 fully saturated rings. The normalized spacial score (nSPS) is 14.6. The number of hydrogen-bond donors (Lipinski definition) is 1. The minimum Gasteiger partial charge on any atom is -0.316 e. The van der Waals surface area contributed by atoms with Crippen LogP contribution in [0.5, 0.6) is 0 Å². The van der Waals surface area contributed by atoms with Crippen LogP contribution in [0.2, 0.25) is 5.02 Å². The zero-order valence-electron chi connectivity index (χ0n) is 13.4. The Morgan fingerprint density at radius 1 is 1.16 bits per heavy atom. The van der Waals surface area contributed by atoms with Gasteiger partial charge in [0.25, 0.3) is 17.5 Å². The smallest absolute Gasteiger partial charge is 0.282 e. The topological polar surface area (TPSA) is 85.0 Å². The van der Waals surface area contributed by atoms with Crippen LogP contribution in [0.15, 0.2) is 42.5 Å². The van der Waals surface area contributed by atoms with Gasteiger partial charge in [-0.2, -0.15) is 0 Å². The summed E-state index contributed by atoms with van der Waals surface area (Å²) in [5, 5.41) is 11.7. The summed E-state index contributed by atoms with van der Waals surface area (Å²) in [5.41, 5.74) is 0.571. The van der Waals surface area contributed by atoms with Crippen molar-refractivity contribution in [3.05, 3.63) is 74.3 Å². The van der Waals surface area contributed by atoms with E-state index in [-0.39, 0.29) is 23.5 Å². The molecule has 2 amide bonds. The molecule has 0 radical (unpaired) electrons. The molecule has 0 saturated heterocycles. The van der Waals surface area contributed by atoms with Crippen LogP contribution < -0.4 is 4.90 Å². The largest absolute Gasteiger partial charge is 0.316 e. The van der Waals surface area contributed by atoms with Crippen LogP contribution in [-0.2, 0) is 6.54 Å². The van der Waals surface area contributed by atoms with Crippen LogP contribution in [0.25, 0.3) is 0 Å². The molecule has 0 spiro atoms. The van der Waals surface area contributed by atoms with Crippen LogP contribution in [-0.4, -0.2) is 35.4 Å². The molecule has 1 atom stereocenters. The number of rotatable bonds is 5. The van der Waals surface area contributed by atoms with Crippen LogP contribution in [0, 0.1) is 10.1 Å². The van der Waals surface area contributed by atoms with Crippen molar-refractivity contribution in [3.63, 3.8) is 0 Å². The third-order valence-corrected chi connectivity index (χ3v) is 4.23. The predicted molar refractivity (Wildman–Crippen MR) is 90.5 cm³/mol. The van der Waals surface area contributed by atoms with E-state index in [4.69, 9.17) is 11.6 Å². The van der Waals surface area contributed by atoms with Gasteiger partial charge in [-0.25, -0.2) is 4.90 Å². The molecule has 0 saturated carbocycles. The standard InChI is InChI=1S/C17H14ClN3O4/c1-19(9-11-4-2-5-12(18)8-11)10-20-16(22)13-6-3-7-14(21(24)25)15(13)17(20)23/h2-8H,9-10H2,1H3/p+1. The highest BCUT2D eigenvalue weighted by Gasteiger charge is 2.42. The lowest BCUT2D eigenvalue weighted by Gasteiger charge is -2.20. The first-order valence-electron chi connectivity index (χ1n) is 7.58. The molecule has 0 aromatic heterocycles. The van der Waals surface area contributed by atoms with Gasteiger partial charge in [0.2, 0.25) is 0 Å². The van der Waals surface area contributed by atoms with E-state index >= 15 is 0 Å². The lowest BCUT2D eigenvalue weighted by molar-refractivity contribution is -0.901. The third-order valence-electron chi connectivity index (χ3n) is 4.00. The molecule has 2 aromatic rings. The van der Waals surface area contributed by atoms with Gasteiger partial charge in [0.1, 0.15) is 12.1 Å². The van der Waals surface area contributed by atoms with Crippen molar-refractivity contribution < 1.29 is 19.4 Å². The minimum atomic E-state index is -0.643. The minimum absolute atomic E-state index is 0.0785. The van der Waals surface area contributed by atoms with Crippen molar-refractivity contribution in [1.29, 1.82) is 0 Å². The predicted octanol–water partition coefficient (Wildman–Crippen LogP) is 1.52. The first kappa shape index (κ1) is 17.1. The number of nitro benzene ring substituents is 1. The quantitative estimate of drug-likeness (QED) is 0.497. The Balaban J connectivity index is 1.80. The molecule has 128 valence electrons. The second-order valence-electron chi connectivity index (χ2n) is 5.92. The molecule has 1 aliphatic heterocycles. The van der Waals surface area contributed by atoms with E-state index in [1.807, 2.05) is 25.2 Å². The SMILES string of the molecule is C[NH+](Cc1cccc(Cl)c1)CN1C(=O)c2cccc([N+](=O)[O-])c2C1=O. The Morgan fingerprint density at radius 2 is 1.88 bits per heavy atom. The number of fused-ring (bicyclic) bond motifs is 1. The molecule has 8 heteroatoms. The second kappa shape index (κ2) is 6.62. The third kappa shape index (κ3) is 3.24. The van der Waals surface area contributed by atoms with Gasteiger partial charge < -0.3 is 4.90 Å². The van der Waals surface area contributed by atoms with E-state index in [1.165, 1.54) is 18.2 Å². The highest BCUT2D eigenvalue weighted by Crippen LogP contribution is 2.30. The molecule has 1 aliphatic rings. The van der Waals surface area contributed by atoms with Crippen molar-refractivity contribution in [2.24, 2.45) is 0 Å². The van der Waals surface area contributed by atoms with Crippen LogP contribution in [0.4, 0.5) is 5.69 Å². The van der Waals surface area contributed by atoms with Crippen molar-refractivity contribution in [3.8, 4) is 0 Å². The fraction of sp³-hybridized carbons (Fsp3) is 0.176. The zero-order valence-corrected chi connectivity index (χ0v) is 14.1. The first-order chi connectivity index (χ1) is 11.9. The Hall–Kier alpha value is -2.77. The number of amides is 2. The highest BCUT2D eigenvalue weighted by molar-refractivity contribution is 6.30. The number of nitrogens with one attached hydrogen (secondary N) is 1. The monoisotopic (exact) mass is 360 g/mol. The number of carbonyl (C=O) groups excluding carboxylic acids is 2. The summed E-state index contributed by atoms with van der Waals surface area (Å²) in [6.07, 6.45) is 0. The van der Waals surface area contributed by atoms with E-state index in [9.17, 15) is 19.7 Å². The van der Waals surface area contributed by atoms with Crippen LogP contribution in [0.1, 0.15) is 26.3 Å². The van der Waals surface area contributed by atoms with Crippen molar-refractivity contribution in [1.82, 2.24) is 4.90 Å². The van der Waals surface area contributed by atoms with E-state index in [0.29, 0.717) is 11.6 Å². The molecule has 25 heavy (non-hydrogen) atoms. The lowest BCUT2D eigenvalue weighted by atomic mass is 10.1. The average molecular weight is 361 g/mol. The molecule has 1 unspecified atom stereocenters. The fourth-order valence-corrected chi connectivity index (χ4v) is 3.15. The van der Waals surface area contributed by atoms with Crippen LogP contribution >= 0.6 is 11.6 Å². The maximum Gasteiger partial charge on any atom is 0.282 e. The number of carbonyl (C=O) groups is 2. The highest BCUT2D eigenvalue weighted by atomic mass is 35.5. The van der Waals surface area contributed by atoms with Gasteiger partial charge in [-0.1, -0.05) is 29.8 Å². The van der Waals surface area contributed by atoms with Crippen molar-refractivity contribution in [2.45, 2.75) is 6.54 Å². The zero-order chi connectivity index (χ0) is 18.1. The molecule has 0 aliphatic carbocycles. The number of nitro groups is 1. The van der Waals surface area contributed by atoms with Gasteiger partial charge in [0.15, 0.2) is 6.67 Å². The fourth-order valence-electron chi connectivity index (χ4n) is 2.93. The van der Waals surface area contributed by atoms with Gasteiger partial charge in [0, 0.05) is 16.7 Å². The molecular weight excluding hydrogens is 346 g/mol. The molecule has 1 N–H and O–H groups in total. The van der Waals surface area contributed by atoms with E-state index in [0.717, 1.165) is 15.4 Å². The Morgan fingerprint density at radius 3 is 2.56 bits per heavy atom. The van der Waals surface area contributed by atoms with E-state index < -0.39 is 16.7 Å². The average Bonchev–Trinajstić information content (AvgIpc) is 2.80. The molecule has 0 bridgehead atoms. The summed E-state index contributed by atoms with van der Waals surface area (Å²) in [7, 11) is 1.83. The summed E-state index contributed by atoms with van der Waals surface area (Å²) in [5.74, 6) is -1.13. The van der Waals surface area contributed by atoms with E-state index in [2.05, 4.69) is 0 Å². The maximum absolute atomic E-state index is 12.5. The molecular formula is C17H15ClN3O4+. The number of hydrogen-bond acceptors (Lipinski definition) is 4. The first-order valence-corrected chi connectivity index (χ1v) is 7.95. The molecule has 3 rings (SSSR count). The Bertz CT molecular complexity index is 884. The number of halogens is 1. The van der Waals surface area contributed by atoms with E-state index in [1.54, 1.807) is 6.07 Å². The Kier molecular flexibility index (Phi) is 4.52. The van der Waals surface area contributed by atoms with Gasteiger partial charge in [-0.3, -0.25) is 19.7 Å². The van der Waals surface area contributed by atoms with Crippen LogP contribution in [0.3, 0.4) is 0 Å². The summed E-state index contributed by atoms with van der Waals surface area (Å²) in [6.45, 7) is 0.659.